The van der Waals surface area contributed by atoms with Gasteiger partial charge in [0.2, 0.25) is 0 Å². The lowest BCUT2D eigenvalue weighted by molar-refractivity contribution is 0.102. The maximum Gasteiger partial charge on any atom is 0.259 e. The number of nitrogens with one attached hydrogen (secondary N) is 1. The molecule has 1 N–H and O–H groups in total. The summed E-state index contributed by atoms with van der Waals surface area (Å²) in [5.74, 6) is 0.995. The van der Waals surface area contributed by atoms with Crippen molar-refractivity contribution in [1.82, 2.24) is 14.8 Å². The second-order valence-electron chi connectivity index (χ2n) is 9.45. The first kappa shape index (κ1) is 25.0. The molecule has 0 fully saturated rings. The Balaban J connectivity index is 1.47. The molecule has 192 valence electrons. The van der Waals surface area contributed by atoms with Crippen molar-refractivity contribution in [1.29, 1.82) is 0 Å². The molecule has 0 unspecified atom stereocenters. The number of benzene rings is 3. The summed E-state index contributed by atoms with van der Waals surface area (Å²) >= 11 is 0. The second kappa shape index (κ2) is 11.2. The average molecular weight is 507 g/mol. The van der Waals surface area contributed by atoms with Gasteiger partial charge in [-0.1, -0.05) is 74.5 Å². The number of amides is 1. The van der Waals surface area contributed by atoms with Crippen molar-refractivity contribution in [3.8, 4) is 11.5 Å². The zero-order valence-electron chi connectivity index (χ0n) is 21.7. The molecule has 1 amide bonds. The van der Waals surface area contributed by atoms with Gasteiger partial charge in [0.25, 0.3) is 5.91 Å². The predicted octanol–water partition coefficient (Wildman–Crippen LogP) is 6.50. The Morgan fingerprint density at radius 1 is 0.868 bits per heavy atom. The third-order valence-electron chi connectivity index (χ3n) is 6.28. The average Bonchev–Trinajstić information content (AvgIpc) is 3.31. The highest BCUT2D eigenvalue weighted by molar-refractivity contribution is 6.07. The number of rotatable bonds is 9. The lowest BCUT2D eigenvalue weighted by atomic mass is 9.98. The van der Waals surface area contributed by atoms with E-state index in [2.05, 4.69) is 29.2 Å². The zero-order chi connectivity index (χ0) is 26.5. The predicted molar refractivity (Wildman–Crippen MR) is 149 cm³/mol. The van der Waals surface area contributed by atoms with E-state index in [1.54, 1.807) is 17.1 Å². The van der Waals surface area contributed by atoms with Gasteiger partial charge in [-0.2, -0.15) is 5.10 Å². The van der Waals surface area contributed by atoms with Crippen molar-refractivity contribution in [2.75, 3.05) is 5.32 Å². The van der Waals surface area contributed by atoms with Crippen LogP contribution >= 0.6 is 0 Å². The molecular weight excluding hydrogens is 476 g/mol. The van der Waals surface area contributed by atoms with Gasteiger partial charge in [-0.05, 0) is 34.7 Å². The standard InChI is InChI=1S/C31H30N4O3/c1-21(2)26-15-27(31(36)34-25-14-24-17-33-35(3)30(24)32-18-25)29(38-20-23-12-8-5-9-13-23)16-28(26)37-19-22-10-6-4-7-11-22/h4-18,21H,19-20H2,1-3H3,(H,34,36). The van der Waals surface area contributed by atoms with Gasteiger partial charge in [-0.25, -0.2) is 4.98 Å². The van der Waals surface area contributed by atoms with Crippen molar-refractivity contribution >= 4 is 22.6 Å². The topological polar surface area (TPSA) is 78.3 Å². The molecule has 2 heterocycles. The minimum Gasteiger partial charge on any atom is -0.488 e. The SMILES string of the molecule is CC(C)c1cc(C(=O)Nc2cnc3c(cnn3C)c2)c(OCc2ccccc2)cc1OCc1ccccc1. The summed E-state index contributed by atoms with van der Waals surface area (Å²) in [6, 6.07) is 25.4. The molecule has 0 radical (unpaired) electrons. The summed E-state index contributed by atoms with van der Waals surface area (Å²) in [6.45, 7) is 4.90. The molecule has 5 aromatic rings. The molecule has 0 spiro atoms. The van der Waals surface area contributed by atoms with E-state index >= 15 is 0 Å². The number of carbonyl (C=O) groups excluding carboxylic acids is 1. The number of ether oxygens (including phenoxy) is 2. The quantitative estimate of drug-likeness (QED) is 0.247. The van der Waals surface area contributed by atoms with Crippen LogP contribution in [0.25, 0.3) is 11.0 Å². The van der Waals surface area contributed by atoms with E-state index in [4.69, 9.17) is 9.47 Å². The fraction of sp³-hybridized carbons (Fsp3) is 0.194. The Morgan fingerprint density at radius 3 is 2.13 bits per heavy atom. The number of hydrogen-bond donors (Lipinski definition) is 1. The summed E-state index contributed by atoms with van der Waals surface area (Å²) in [6.07, 6.45) is 3.36. The summed E-state index contributed by atoms with van der Waals surface area (Å²) < 4.78 is 14.2. The number of anilines is 1. The fourth-order valence-corrected chi connectivity index (χ4v) is 4.23. The Kier molecular flexibility index (Phi) is 7.35. The zero-order valence-corrected chi connectivity index (χ0v) is 21.7. The third kappa shape index (κ3) is 5.67. The van der Waals surface area contributed by atoms with Crippen molar-refractivity contribution in [2.24, 2.45) is 7.05 Å². The van der Waals surface area contributed by atoms with Crippen LogP contribution in [-0.4, -0.2) is 20.7 Å². The van der Waals surface area contributed by atoms with E-state index in [-0.39, 0.29) is 11.8 Å². The molecule has 0 bridgehead atoms. The van der Waals surface area contributed by atoms with E-state index in [1.165, 1.54) is 0 Å². The molecule has 0 saturated heterocycles. The largest absolute Gasteiger partial charge is 0.488 e. The van der Waals surface area contributed by atoms with Crippen LogP contribution in [0.3, 0.4) is 0 Å². The highest BCUT2D eigenvalue weighted by Crippen LogP contribution is 2.35. The van der Waals surface area contributed by atoms with Crippen LogP contribution < -0.4 is 14.8 Å². The minimum atomic E-state index is -0.283. The first-order valence-corrected chi connectivity index (χ1v) is 12.6. The van der Waals surface area contributed by atoms with Crippen LogP contribution in [0.5, 0.6) is 11.5 Å². The number of pyridine rings is 1. The Bertz CT molecular complexity index is 1550. The molecule has 7 nitrogen and oxygen atoms in total. The summed E-state index contributed by atoms with van der Waals surface area (Å²) in [5.41, 5.74) is 4.76. The van der Waals surface area contributed by atoms with Crippen LogP contribution in [0, 0.1) is 0 Å². The lowest BCUT2D eigenvalue weighted by Gasteiger charge is -2.19. The molecular formula is C31H30N4O3. The summed E-state index contributed by atoms with van der Waals surface area (Å²) in [4.78, 5) is 18.0. The van der Waals surface area contributed by atoms with Gasteiger partial charge in [0, 0.05) is 18.5 Å². The molecule has 2 aromatic heterocycles. The van der Waals surface area contributed by atoms with E-state index in [0.717, 1.165) is 27.7 Å². The van der Waals surface area contributed by atoms with Gasteiger partial charge >= 0.3 is 0 Å². The summed E-state index contributed by atoms with van der Waals surface area (Å²) in [5, 5.41) is 8.06. The van der Waals surface area contributed by atoms with Crippen LogP contribution in [0.2, 0.25) is 0 Å². The Morgan fingerprint density at radius 2 is 1.50 bits per heavy atom. The molecule has 7 heteroatoms. The molecule has 0 aliphatic carbocycles. The van der Waals surface area contributed by atoms with Gasteiger partial charge in [0.05, 0.1) is 23.6 Å². The number of aryl methyl sites for hydroxylation is 1. The first-order chi connectivity index (χ1) is 18.5. The van der Waals surface area contributed by atoms with Crippen molar-refractivity contribution < 1.29 is 14.3 Å². The van der Waals surface area contributed by atoms with Gasteiger partial charge in [0.15, 0.2) is 5.65 Å². The molecule has 5 rings (SSSR count). The van der Waals surface area contributed by atoms with Crippen LogP contribution in [0.4, 0.5) is 5.69 Å². The van der Waals surface area contributed by atoms with Gasteiger partial charge in [-0.3, -0.25) is 9.48 Å². The molecule has 0 aliphatic rings. The summed E-state index contributed by atoms with van der Waals surface area (Å²) in [7, 11) is 1.83. The van der Waals surface area contributed by atoms with E-state index < -0.39 is 0 Å². The maximum absolute atomic E-state index is 13.6. The Labute approximate surface area is 222 Å². The normalized spacial score (nSPS) is 11.1. The number of aromatic nitrogens is 3. The van der Waals surface area contributed by atoms with E-state index in [0.29, 0.717) is 36.0 Å². The van der Waals surface area contributed by atoms with Crippen LogP contribution in [0.1, 0.15) is 46.8 Å². The molecule has 0 atom stereocenters. The monoisotopic (exact) mass is 506 g/mol. The number of fused-ring (bicyclic) bond motifs is 1. The smallest absolute Gasteiger partial charge is 0.259 e. The van der Waals surface area contributed by atoms with Crippen molar-refractivity contribution in [3.63, 3.8) is 0 Å². The highest BCUT2D eigenvalue weighted by atomic mass is 16.5. The van der Waals surface area contributed by atoms with Gasteiger partial charge in [-0.15, -0.1) is 0 Å². The molecule has 3 aromatic carbocycles. The molecule has 38 heavy (non-hydrogen) atoms. The van der Waals surface area contributed by atoms with Gasteiger partial charge in [0.1, 0.15) is 24.7 Å². The number of carbonyl (C=O) groups is 1. The van der Waals surface area contributed by atoms with Crippen molar-refractivity contribution in [3.05, 3.63) is 114 Å². The Hall–Kier alpha value is -4.65. The van der Waals surface area contributed by atoms with E-state index in [9.17, 15) is 4.79 Å². The first-order valence-electron chi connectivity index (χ1n) is 12.6. The highest BCUT2D eigenvalue weighted by Gasteiger charge is 2.20. The second-order valence-corrected chi connectivity index (χ2v) is 9.45. The maximum atomic E-state index is 13.6. The number of hydrogen-bond acceptors (Lipinski definition) is 5. The molecule has 0 aliphatic heterocycles. The van der Waals surface area contributed by atoms with Crippen LogP contribution in [-0.2, 0) is 20.3 Å². The van der Waals surface area contributed by atoms with Gasteiger partial charge < -0.3 is 14.8 Å². The fourth-order valence-electron chi connectivity index (χ4n) is 4.23. The lowest BCUT2D eigenvalue weighted by Crippen LogP contribution is -2.15. The molecule has 0 saturated carbocycles. The number of nitrogens with zero attached hydrogens (tertiary/aromatic N) is 3. The third-order valence-corrected chi connectivity index (χ3v) is 6.28. The minimum absolute atomic E-state index is 0.129. The van der Waals surface area contributed by atoms with E-state index in [1.807, 2.05) is 85.9 Å². The van der Waals surface area contributed by atoms with Crippen molar-refractivity contribution in [2.45, 2.75) is 33.0 Å². The van der Waals surface area contributed by atoms with Crippen LogP contribution in [0.15, 0.2) is 91.3 Å².